The molecule has 0 atom stereocenters. The number of hydrogen-bond acceptors (Lipinski definition) is 4. The average Bonchev–Trinajstić information content (AvgIpc) is 2.48. The molecule has 0 aliphatic carbocycles. The molecule has 0 saturated carbocycles. The quantitative estimate of drug-likeness (QED) is 0.810. The summed E-state index contributed by atoms with van der Waals surface area (Å²) in [6.45, 7) is 4.50. The van der Waals surface area contributed by atoms with Crippen molar-refractivity contribution >= 4 is 6.29 Å². The molecule has 1 aromatic rings. The van der Waals surface area contributed by atoms with Gasteiger partial charge in [-0.25, -0.2) is 0 Å². The van der Waals surface area contributed by atoms with E-state index >= 15 is 0 Å². The fraction of sp³-hybridized carbons (Fsp3) is 0.533. The summed E-state index contributed by atoms with van der Waals surface area (Å²) in [5.74, 6) is 0.739. The largest absolute Gasteiger partial charge is 0.486 e. The van der Waals surface area contributed by atoms with E-state index in [-0.39, 0.29) is 6.61 Å². The summed E-state index contributed by atoms with van der Waals surface area (Å²) in [7, 11) is 2.04. The molecule has 0 bridgehead atoms. The predicted molar refractivity (Wildman–Crippen MR) is 77.7 cm³/mol. The molecule has 2 N–H and O–H groups in total. The minimum absolute atomic E-state index is 0.128. The fourth-order valence-corrected chi connectivity index (χ4v) is 1.88. The van der Waals surface area contributed by atoms with E-state index in [4.69, 9.17) is 4.74 Å². The zero-order valence-electron chi connectivity index (χ0n) is 11.8. The van der Waals surface area contributed by atoms with Crippen molar-refractivity contribution in [3.05, 3.63) is 29.8 Å². The summed E-state index contributed by atoms with van der Waals surface area (Å²) in [6, 6.07) is 8.36. The second kappa shape index (κ2) is 9.53. The highest BCUT2D eigenvalue weighted by Gasteiger charge is 2.08. The van der Waals surface area contributed by atoms with Crippen LogP contribution in [0.2, 0.25) is 0 Å². The van der Waals surface area contributed by atoms with E-state index in [1.165, 1.54) is 31.5 Å². The molecule has 0 radical (unpaired) electrons. The van der Waals surface area contributed by atoms with Crippen LogP contribution in [-0.4, -0.2) is 39.1 Å². The standard InChI is InChI=1S/C9H10O2.C6H14N2/c1-8-2-4-9(5-3-8)11-7-6-10;1-7-6-2-4-8-5-3-6/h2-6H,7H2,1H3;6-8H,2-5H2,1H3. The zero-order valence-corrected chi connectivity index (χ0v) is 11.8. The molecule has 4 heteroatoms. The second-order valence-electron chi connectivity index (χ2n) is 4.60. The maximum absolute atomic E-state index is 9.92. The van der Waals surface area contributed by atoms with Crippen LogP contribution in [-0.2, 0) is 4.79 Å². The molecular weight excluding hydrogens is 240 g/mol. The first-order valence-electron chi connectivity index (χ1n) is 6.77. The molecule has 0 unspecified atom stereocenters. The van der Waals surface area contributed by atoms with Crippen molar-refractivity contribution in [2.45, 2.75) is 25.8 Å². The van der Waals surface area contributed by atoms with Crippen molar-refractivity contribution in [3.8, 4) is 5.75 Å². The first-order valence-corrected chi connectivity index (χ1v) is 6.77. The van der Waals surface area contributed by atoms with Crippen LogP contribution in [0.4, 0.5) is 0 Å². The number of piperidine rings is 1. The molecule has 4 nitrogen and oxygen atoms in total. The smallest absolute Gasteiger partial charge is 0.157 e. The molecule has 0 spiro atoms. The van der Waals surface area contributed by atoms with E-state index in [1.807, 2.05) is 38.2 Å². The van der Waals surface area contributed by atoms with Gasteiger partial charge in [0, 0.05) is 6.04 Å². The molecular formula is C15H24N2O2. The lowest BCUT2D eigenvalue weighted by Crippen LogP contribution is -2.37. The lowest BCUT2D eigenvalue weighted by Gasteiger charge is -2.21. The van der Waals surface area contributed by atoms with E-state index in [9.17, 15) is 4.79 Å². The van der Waals surface area contributed by atoms with Crippen LogP contribution in [0.5, 0.6) is 5.75 Å². The van der Waals surface area contributed by atoms with Gasteiger partial charge in [-0.2, -0.15) is 0 Å². The fourth-order valence-electron chi connectivity index (χ4n) is 1.88. The molecule has 1 aliphatic rings. The number of benzene rings is 1. The van der Waals surface area contributed by atoms with Crippen molar-refractivity contribution in [1.29, 1.82) is 0 Å². The third kappa shape index (κ3) is 6.94. The van der Waals surface area contributed by atoms with Crippen LogP contribution in [0.3, 0.4) is 0 Å². The molecule has 2 rings (SSSR count). The molecule has 1 aromatic carbocycles. The van der Waals surface area contributed by atoms with Gasteiger partial charge in [-0.3, -0.25) is 4.79 Å². The van der Waals surface area contributed by atoms with Crippen LogP contribution >= 0.6 is 0 Å². The molecule has 1 aliphatic heterocycles. The monoisotopic (exact) mass is 264 g/mol. The van der Waals surface area contributed by atoms with Gasteiger partial charge in [-0.15, -0.1) is 0 Å². The van der Waals surface area contributed by atoms with E-state index in [0.29, 0.717) is 0 Å². The highest BCUT2D eigenvalue weighted by Crippen LogP contribution is 2.10. The Bertz CT molecular complexity index is 346. The Kier molecular flexibility index (Phi) is 7.86. The maximum atomic E-state index is 9.92. The topological polar surface area (TPSA) is 50.4 Å². The summed E-state index contributed by atoms with van der Waals surface area (Å²) in [4.78, 5) is 9.92. The molecule has 1 saturated heterocycles. The van der Waals surface area contributed by atoms with Crippen molar-refractivity contribution in [2.24, 2.45) is 0 Å². The number of rotatable bonds is 4. The maximum Gasteiger partial charge on any atom is 0.157 e. The molecule has 1 heterocycles. The van der Waals surface area contributed by atoms with Crippen molar-refractivity contribution < 1.29 is 9.53 Å². The van der Waals surface area contributed by atoms with Crippen LogP contribution in [0.1, 0.15) is 18.4 Å². The lowest BCUT2D eigenvalue weighted by molar-refractivity contribution is -0.109. The van der Waals surface area contributed by atoms with Gasteiger partial charge in [0.2, 0.25) is 0 Å². The third-order valence-corrected chi connectivity index (χ3v) is 3.09. The normalized spacial score (nSPS) is 15.3. The van der Waals surface area contributed by atoms with E-state index in [0.717, 1.165) is 18.1 Å². The summed E-state index contributed by atoms with van der Waals surface area (Å²) in [6.07, 6.45) is 3.31. The first-order chi connectivity index (χ1) is 9.26. The van der Waals surface area contributed by atoms with Crippen molar-refractivity contribution in [2.75, 3.05) is 26.7 Å². The van der Waals surface area contributed by atoms with Gasteiger partial charge in [0.1, 0.15) is 12.4 Å². The molecule has 19 heavy (non-hydrogen) atoms. The van der Waals surface area contributed by atoms with Crippen molar-refractivity contribution in [3.63, 3.8) is 0 Å². The van der Waals surface area contributed by atoms with Crippen LogP contribution < -0.4 is 15.4 Å². The summed E-state index contributed by atoms with van der Waals surface area (Å²) in [5.41, 5.74) is 1.18. The number of hydrogen-bond donors (Lipinski definition) is 2. The number of aldehydes is 1. The number of carbonyl (C=O) groups excluding carboxylic acids is 1. The third-order valence-electron chi connectivity index (χ3n) is 3.09. The zero-order chi connectivity index (χ0) is 13.9. The Morgan fingerprint density at radius 2 is 1.95 bits per heavy atom. The lowest BCUT2D eigenvalue weighted by atomic mass is 10.1. The van der Waals surface area contributed by atoms with Gasteiger partial charge < -0.3 is 15.4 Å². The van der Waals surface area contributed by atoms with Crippen LogP contribution in [0, 0.1) is 6.92 Å². The Hall–Kier alpha value is -1.39. The summed E-state index contributed by atoms with van der Waals surface area (Å²) < 4.78 is 5.04. The van der Waals surface area contributed by atoms with Crippen LogP contribution in [0.15, 0.2) is 24.3 Å². The minimum Gasteiger partial charge on any atom is -0.486 e. The Morgan fingerprint density at radius 1 is 1.32 bits per heavy atom. The molecule has 106 valence electrons. The van der Waals surface area contributed by atoms with E-state index < -0.39 is 0 Å². The summed E-state index contributed by atoms with van der Waals surface area (Å²) >= 11 is 0. The molecule has 0 aromatic heterocycles. The van der Waals surface area contributed by atoms with E-state index in [2.05, 4.69) is 10.6 Å². The number of aryl methyl sites for hydroxylation is 1. The van der Waals surface area contributed by atoms with E-state index in [1.54, 1.807) is 0 Å². The molecule has 1 fully saturated rings. The van der Waals surface area contributed by atoms with Gasteiger partial charge in [0.05, 0.1) is 0 Å². The highest BCUT2D eigenvalue weighted by molar-refractivity contribution is 5.51. The Morgan fingerprint density at radius 3 is 2.42 bits per heavy atom. The second-order valence-corrected chi connectivity index (χ2v) is 4.60. The summed E-state index contributed by atoms with van der Waals surface area (Å²) in [5, 5.41) is 6.57. The average molecular weight is 264 g/mol. The van der Waals surface area contributed by atoms with Gasteiger partial charge in [0.15, 0.2) is 6.29 Å². The van der Waals surface area contributed by atoms with Gasteiger partial charge in [0.25, 0.3) is 0 Å². The number of nitrogens with one attached hydrogen (secondary N) is 2. The Balaban J connectivity index is 0.000000200. The predicted octanol–water partition coefficient (Wildman–Crippen LogP) is 1.53. The molecule has 0 amide bonds. The Labute approximate surface area is 115 Å². The van der Waals surface area contributed by atoms with Gasteiger partial charge in [-0.1, -0.05) is 17.7 Å². The minimum atomic E-state index is 0.128. The SMILES string of the molecule is CNC1CCNCC1.Cc1ccc(OCC=O)cc1. The van der Waals surface area contributed by atoms with Gasteiger partial charge >= 0.3 is 0 Å². The van der Waals surface area contributed by atoms with Crippen molar-refractivity contribution in [1.82, 2.24) is 10.6 Å². The number of carbonyl (C=O) groups is 1. The highest BCUT2D eigenvalue weighted by atomic mass is 16.5. The van der Waals surface area contributed by atoms with Gasteiger partial charge in [-0.05, 0) is 52.0 Å². The van der Waals surface area contributed by atoms with Crippen LogP contribution in [0.25, 0.3) is 0 Å². The first kappa shape index (κ1) is 15.7. The number of ether oxygens (including phenoxy) is 1.